The molecular weight excluding hydrogens is 436 g/mol. The first-order valence-corrected chi connectivity index (χ1v) is 10.4. The molecule has 1 fully saturated rings. The number of pyridine rings is 2. The van der Waals surface area contributed by atoms with Crippen LogP contribution in [0.4, 0.5) is 10.6 Å². The number of amides is 2. The fraction of sp³-hybridized carbons (Fsp3) is 0.429. The van der Waals surface area contributed by atoms with Crippen molar-refractivity contribution >= 4 is 33.7 Å². The lowest BCUT2D eigenvalue weighted by molar-refractivity contribution is -0.117. The van der Waals surface area contributed by atoms with Gasteiger partial charge < -0.3 is 15.0 Å². The first-order valence-electron chi connectivity index (χ1n) is 9.65. The van der Waals surface area contributed by atoms with Crippen molar-refractivity contribution < 1.29 is 14.3 Å². The van der Waals surface area contributed by atoms with Gasteiger partial charge in [0.05, 0.1) is 12.8 Å². The molecule has 2 aromatic rings. The maximum absolute atomic E-state index is 12.5. The average Bonchev–Trinajstić information content (AvgIpc) is 2.75. The molecule has 3 rings (SSSR count). The van der Waals surface area contributed by atoms with E-state index in [4.69, 9.17) is 4.74 Å². The fourth-order valence-corrected chi connectivity index (χ4v) is 4.13. The fourth-order valence-electron chi connectivity index (χ4n) is 3.71. The van der Waals surface area contributed by atoms with Gasteiger partial charge in [-0.2, -0.15) is 0 Å². The van der Waals surface area contributed by atoms with Crippen molar-refractivity contribution in [2.75, 3.05) is 19.5 Å². The number of hydrogen-bond acceptors (Lipinski definition) is 5. The molecule has 154 valence electrons. The summed E-state index contributed by atoms with van der Waals surface area (Å²) in [7, 11) is 3.16. The zero-order valence-corrected chi connectivity index (χ0v) is 18.2. The number of halogens is 1. The van der Waals surface area contributed by atoms with Gasteiger partial charge in [-0.15, -0.1) is 0 Å². The Bertz CT molecular complexity index is 854. The summed E-state index contributed by atoms with van der Waals surface area (Å²) in [5.74, 6) is 0.775. The Labute approximate surface area is 179 Å². The van der Waals surface area contributed by atoms with Crippen LogP contribution in [0.25, 0.3) is 11.3 Å². The number of methoxy groups -OCH3 is 1. The van der Waals surface area contributed by atoms with Crippen molar-refractivity contribution in [3.05, 3.63) is 41.1 Å². The topological polar surface area (TPSA) is 84.4 Å². The van der Waals surface area contributed by atoms with E-state index in [-0.39, 0.29) is 18.0 Å². The Hall–Kier alpha value is -2.48. The van der Waals surface area contributed by atoms with E-state index in [9.17, 15) is 9.59 Å². The van der Waals surface area contributed by atoms with Gasteiger partial charge in [-0.3, -0.25) is 9.78 Å². The number of ether oxygens (including phenoxy) is 1. The second-order valence-corrected chi connectivity index (χ2v) is 8.13. The Morgan fingerprint density at radius 1 is 1.24 bits per heavy atom. The van der Waals surface area contributed by atoms with Crippen molar-refractivity contribution in [1.82, 2.24) is 14.9 Å². The number of carbonyl (C=O) groups is 2. The molecule has 2 amide bonds. The summed E-state index contributed by atoms with van der Waals surface area (Å²) in [6, 6.07) is 7.69. The molecule has 0 aliphatic heterocycles. The quantitative estimate of drug-likeness (QED) is 0.709. The van der Waals surface area contributed by atoms with Crippen LogP contribution in [0.1, 0.15) is 32.1 Å². The zero-order chi connectivity index (χ0) is 20.8. The summed E-state index contributed by atoms with van der Waals surface area (Å²) in [6.07, 6.45) is 7.12. The molecule has 1 N–H and O–H groups in total. The van der Waals surface area contributed by atoms with Gasteiger partial charge in [0.2, 0.25) is 5.91 Å². The monoisotopic (exact) mass is 460 g/mol. The lowest BCUT2D eigenvalue weighted by atomic mass is 9.83. The Balaban J connectivity index is 1.55. The minimum absolute atomic E-state index is 0.0448. The summed E-state index contributed by atoms with van der Waals surface area (Å²) in [4.78, 5) is 34.5. The van der Waals surface area contributed by atoms with Crippen molar-refractivity contribution in [1.29, 1.82) is 0 Å². The third-order valence-corrected chi connectivity index (χ3v) is 6.00. The number of hydrogen-bond donors (Lipinski definition) is 1. The zero-order valence-electron chi connectivity index (χ0n) is 16.6. The highest BCUT2D eigenvalue weighted by Gasteiger charge is 2.28. The van der Waals surface area contributed by atoms with Gasteiger partial charge >= 0.3 is 6.09 Å². The van der Waals surface area contributed by atoms with E-state index in [1.54, 1.807) is 24.3 Å². The number of carbonyl (C=O) groups excluding carboxylic acids is 2. The average molecular weight is 461 g/mol. The molecule has 0 bridgehead atoms. The van der Waals surface area contributed by atoms with Crippen LogP contribution < -0.4 is 5.32 Å². The largest absolute Gasteiger partial charge is 0.453 e. The van der Waals surface area contributed by atoms with Gasteiger partial charge in [0, 0.05) is 41.9 Å². The molecular formula is C21H25BrN4O3. The molecule has 0 unspecified atom stereocenters. The van der Waals surface area contributed by atoms with Gasteiger partial charge in [0.25, 0.3) is 0 Å². The van der Waals surface area contributed by atoms with Crippen LogP contribution >= 0.6 is 15.9 Å². The Kier molecular flexibility index (Phi) is 7.19. The minimum atomic E-state index is -0.309. The van der Waals surface area contributed by atoms with E-state index in [0.717, 1.165) is 41.4 Å². The molecule has 2 aromatic heterocycles. The van der Waals surface area contributed by atoms with Crippen LogP contribution in [0.2, 0.25) is 0 Å². The number of anilines is 1. The number of nitrogens with zero attached hydrogens (tertiary/aromatic N) is 3. The van der Waals surface area contributed by atoms with E-state index in [2.05, 4.69) is 31.2 Å². The van der Waals surface area contributed by atoms with E-state index in [1.165, 1.54) is 7.11 Å². The molecule has 0 radical (unpaired) electrons. The molecule has 0 saturated heterocycles. The number of nitrogens with one attached hydrogen (secondary N) is 1. The third kappa shape index (κ3) is 5.53. The Morgan fingerprint density at radius 3 is 2.66 bits per heavy atom. The van der Waals surface area contributed by atoms with Gasteiger partial charge in [-0.05, 0) is 65.7 Å². The SMILES string of the molecule is COC(=O)N(C)[C@H]1CC[C@H](CC(=O)Nc2cc(-c3ccccn3)c(Br)cn2)CC1. The molecule has 0 atom stereocenters. The van der Waals surface area contributed by atoms with Crippen LogP contribution in [0.3, 0.4) is 0 Å². The lowest BCUT2D eigenvalue weighted by Crippen LogP contribution is -2.39. The second-order valence-electron chi connectivity index (χ2n) is 7.27. The highest BCUT2D eigenvalue weighted by molar-refractivity contribution is 9.10. The summed E-state index contributed by atoms with van der Waals surface area (Å²) in [6.45, 7) is 0. The summed E-state index contributed by atoms with van der Waals surface area (Å²) in [5, 5.41) is 2.90. The standard InChI is InChI=1S/C21H25BrN4O3/c1-26(21(28)29-2)15-8-6-14(7-9-15)11-20(27)25-19-12-16(17(22)13-24-19)18-5-3-4-10-23-18/h3-5,10,12-15H,6-9,11H2,1-2H3,(H,24,25,27)/t14-,15-. The molecule has 7 nitrogen and oxygen atoms in total. The van der Waals surface area contributed by atoms with E-state index >= 15 is 0 Å². The maximum Gasteiger partial charge on any atom is 0.409 e. The molecule has 2 heterocycles. The third-order valence-electron chi connectivity index (χ3n) is 5.36. The second kappa shape index (κ2) is 9.82. The number of rotatable bonds is 5. The Morgan fingerprint density at radius 2 is 2.00 bits per heavy atom. The predicted octanol–water partition coefficient (Wildman–Crippen LogP) is 4.49. The lowest BCUT2D eigenvalue weighted by Gasteiger charge is -2.33. The number of aromatic nitrogens is 2. The van der Waals surface area contributed by atoms with Crippen LogP contribution in [-0.2, 0) is 9.53 Å². The maximum atomic E-state index is 12.5. The highest BCUT2D eigenvalue weighted by atomic mass is 79.9. The summed E-state index contributed by atoms with van der Waals surface area (Å²) < 4.78 is 5.60. The molecule has 29 heavy (non-hydrogen) atoms. The minimum Gasteiger partial charge on any atom is -0.453 e. The first kappa shape index (κ1) is 21.2. The van der Waals surface area contributed by atoms with Gasteiger partial charge in [-0.25, -0.2) is 9.78 Å². The van der Waals surface area contributed by atoms with Gasteiger partial charge in [0.1, 0.15) is 5.82 Å². The van der Waals surface area contributed by atoms with Crippen molar-refractivity contribution in [3.63, 3.8) is 0 Å². The van der Waals surface area contributed by atoms with E-state index in [1.807, 2.05) is 24.3 Å². The van der Waals surface area contributed by atoms with E-state index < -0.39 is 0 Å². The van der Waals surface area contributed by atoms with Crippen LogP contribution in [0.5, 0.6) is 0 Å². The normalized spacial score (nSPS) is 18.7. The van der Waals surface area contributed by atoms with Gasteiger partial charge in [0.15, 0.2) is 0 Å². The van der Waals surface area contributed by atoms with Crippen LogP contribution in [0, 0.1) is 5.92 Å². The summed E-state index contributed by atoms with van der Waals surface area (Å²) >= 11 is 3.49. The highest BCUT2D eigenvalue weighted by Crippen LogP contribution is 2.31. The van der Waals surface area contributed by atoms with Crippen molar-refractivity contribution in [2.45, 2.75) is 38.1 Å². The molecule has 1 saturated carbocycles. The molecule has 1 aliphatic carbocycles. The predicted molar refractivity (Wildman–Crippen MR) is 114 cm³/mol. The van der Waals surface area contributed by atoms with Crippen molar-refractivity contribution in [3.8, 4) is 11.3 Å². The van der Waals surface area contributed by atoms with Crippen LogP contribution in [-0.4, -0.2) is 47.1 Å². The smallest absolute Gasteiger partial charge is 0.409 e. The van der Waals surface area contributed by atoms with E-state index in [0.29, 0.717) is 18.2 Å². The first-order chi connectivity index (χ1) is 14.0. The summed E-state index contributed by atoms with van der Waals surface area (Å²) in [5.41, 5.74) is 1.69. The van der Waals surface area contributed by atoms with Gasteiger partial charge in [-0.1, -0.05) is 6.07 Å². The van der Waals surface area contributed by atoms with Crippen molar-refractivity contribution in [2.24, 2.45) is 5.92 Å². The molecule has 1 aliphatic rings. The molecule has 0 spiro atoms. The van der Waals surface area contributed by atoms with Crippen LogP contribution in [0.15, 0.2) is 41.1 Å². The molecule has 0 aromatic carbocycles. The molecule has 8 heteroatoms.